The number of aryl methyl sites for hydroxylation is 1. The van der Waals surface area contributed by atoms with E-state index in [-0.39, 0.29) is 0 Å². The zero-order valence-electron chi connectivity index (χ0n) is 14.2. The smallest absolute Gasteiger partial charge is 0.136 e. The highest BCUT2D eigenvalue weighted by molar-refractivity contribution is 5.39. The molecular formula is C20H25N3. The lowest BCUT2D eigenvalue weighted by molar-refractivity contribution is 0.408. The Hall–Kier alpha value is -2.13. The van der Waals surface area contributed by atoms with Crippen LogP contribution in [0.2, 0.25) is 0 Å². The second kappa shape index (κ2) is 6.97. The number of imidazole rings is 1. The molecule has 0 amide bonds. The third kappa shape index (κ3) is 3.45. The molecule has 3 heteroatoms. The Morgan fingerprint density at radius 1 is 1.09 bits per heavy atom. The fourth-order valence-electron chi connectivity index (χ4n) is 3.03. The zero-order valence-corrected chi connectivity index (χ0v) is 14.2. The molecule has 3 rings (SSSR count). The zero-order chi connectivity index (χ0) is 16.2. The third-order valence-electron chi connectivity index (χ3n) is 4.41. The molecule has 0 radical (unpaired) electrons. The van der Waals surface area contributed by atoms with Gasteiger partial charge in [0.15, 0.2) is 0 Å². The molecule has 3 nitrogen and oxygen atoms in total. The van der Waals surface area contributed by atoms with Gasteiger partial charge in [-0.25, -0.2) is 4.98 Å². The molecule has 0 aliphatic rings. The van der Waals surface area contributed by atoms with Crippen molar-refractivity contribution in [1.82, 2.24) is 14.7 Å². The number of fused-ring (bicyclic) bond motifs is 1. The molecule has 0 fully saturated rings. The number of nitrogens with zero attached hydrogens (tertiary/aromatic N) is 2. The molecular weight excluding hydrogens is 282 g/mol. The van der Waals surface area contributed by atoms with Crippen molar-refractivity contribution in [2.24, 2.45) is 5.92 Å². The van der Waals surface area contributed by atoms with Crippen molar-refractivity contribution in [1.29, 1.82) is 0 Å². The van der Waals surface area contributed by atoms with Crippen LogP contribution in [0.3, 0.4) is 0 Å². The van der Waals surface area contributed by atoms with Crippen molar-refractivity contribution in [2.45, 2.75) is 39.8 Å². The predicted octanol–water partition coefficient (Wildman–Crippen LogP) is 4.38. The first-order valence-electron chi connectivity index (χ1n) is 8.42. The molecule has 0 saturated carbocycles. The fraction of sp³-hybridized carbons (Fsp3) is 0.350. The van der Waals surface area contributed by atoms with Gasteiger partial charge in [-0.3, -0.25) is 0 Å². The minimum atomic E-state index is 0.343. The number of hydrogen-bond acceptors (Lipinski definition) is 2. The number of rotatable bonds is 6. The summed E-state index contributed by atoms with van der Waals surface area (Å²) in [7, 11) is 0. The summed E-state index contributed by atoms with van der Waals surface area (Å²) in [6.45, 7) is 7.53. The highest BCUT2D eigenvalue weighted by atomic mass is 15.0. The lowest BCUT2D eigenvalue weighted by atomic mass is 9.95. The standard InChI is InChI=1S/C20H25N3/c1-4-16-8-10-17(11-9-16)20(15(2)3)22-14-18-13-21-19-7-5-6-12-23(18)19/h5-13,15,20,22H,4,14H2,1-3H3. The van der Waals surface area contributed by atoms with Crippen LogP contribution in [0.15, 0.2) is 54.9 Å². The van der Waals surface area contributed by atoms with Crippen molar-refractivity contribution >= 4 is 5.65 Å². The van der Waals surface area contributed by atoms with Crippen molar-refractivity contribution in [3.63, 3.8) is 0 Å². The number of nitrogens with one attached hydrogen (secondary N) is 1. The van der Waals surface area contributed by atoms with Crippen molar-refractivity contribution in [3.8, 4) is 0 Å². The van der Waals surface area contributed by atoms with Gasteiger partial charge in [-0.1, -0.05) is 51.1 Å². The molecule has 3 aromatic rings. The molecule has 0 saturated heterocycles. The van der Waals surface area contributed by atoms with E-state index in [0.717, 1.165) is 18.6 Å². The van der Waals surface area contributed by atoms with Crippen LogP contribution in [0.5, 0.6) is 0 Å². The van der Waals surface area contributed by atoms with Gasteiger partial charge in [0, 0.05) is 18.8 Å². The Bertz CT molecular complexity index is 756. The molecule has 0 spiro atoms. The normalized spacial score (nSPS) is 12.9. The first-order chi connectivity index (χ1) is 11.2. The monoisotopic (exact) mass is 307 g/mol. The van der Waals surface area contributed by atoms with E-state index in [4.69, 9.17) is 0 Å². The first-order valence-corrected chi connectivity index (χ1v) is 8.42. The Kier molecular flexibility index (Phi) is 4.77. The SMILES string of the molecule is CCc1ccc(C(NCc2cnc3ccccn23)C(C)C)cc1. The van der Waals surface area contributed by atoms with Gasteiger partial charge in [0.1, 0.15) is 5.65 Å². The van der Waals surface area contributed by atoms with E-state index in [1.807, 2.05) is 24.4 Å². The molecule has 2 aromatic heterocycles. The Balaban J connectivity index is 1.77. The van der Waals surface area contributed by atoms with Gasteiger partial charge in [0.2, 0.25) is 0 Å². The second-order valence-electron chi connectivity index (χ2n) is 6.38. The third-order valence-corrected chi connectivity index (χ3v) is 4.41. The Morgan fingerprint density at radius 2 is 1.87 bits per heavy atom. The summed E-state index contributed by atoms with van der Waals surface area (Å²) in [5.74, 6) is 0.529. The minimum Gasteiger partial charge on any atom is -0.304 e. The summed E-state index contributed by atoms with van der Waals surface area (Å²) in [6.07, 6.45) is 5.11. The summed E-state index contributed by atoms with van der Waals surface area (Å²) in [5, 5.41) is 3.71. The maximum Gasteiger partial charge on any atom is 0.136 e. The van der Waals surface area contributed by atoms with Gasteiger partial charge in [0.25, 0.3) is 0 Å². The summed E-state index contributed by atoms with van der Waals surface area (Å²) in [5.41, 5.74) is 4.93. The lowest BCUT2D eigenvalue weighted by Gasteiger charge is -2.23. The van der Waals surface area contributed by atoms with E-state index >= 15 is 0 Å². The molecule has 0 bridgehead atoms. The number of benzene rings is 1. The lowest BCUT2D eigenvalue weighted by Crippen LogP contribution is -2.25. The van der Waals surface area contributed by atoms with Crippen LogP contribution in [0.4, 0.5) is 0 Å². The van der Waals surface area contributed by atoms with E-state index in [1.54, 1.807) is 0 Å². The van der Waals surface area contributed by atoms with Gasteiger partial charge < -0.3 is 9.72 Å². The predicted molar refractivity (Wildman–Crippen MR) is 95.4 cm³/mol. The van der Waals surface area contributed by atoms with Gasteiger partial charge in [-0.2, -0.15) is 0 Å². The van der Waals surface area contributed by atoms with Gasteiger partial charge in [0.05, 0.1) is 11.9 Å². The van der Waals surface area contributed by atoms with E-state index in [1.165, 1.54) is 16.8 Å². The molecule has 2 heterocycles. The molecule has 1 atom stereocenters. The van der Waals surface area contributed by atoms with Crippen molar-refractivity contribution in [2.75, 3.05) is 0 Å². The average Bonchev–Trinajstić information content (AvgIpc) is 2.99. The Morgan fingerprint density at radius 3 is 2.57 bits per heavy atom. The number of pyridine rings is 1. The van der Waals surface area contributed by atoms with Crippen LogP contribution in [0.25, 0.3) is 5.65 Å². The summed E-state index contributed by atoms with van der Waals surface area (Å²) >= 11 is 0. The van der Waals surface area contributed by atoms with Crippen LogP contribution in [0, 0.1) is 5.92 Å². The molecule has 1 aromatic carbocycles. The Labute approximate surface area is 138 Å². The molecule has 23 heavy (non-hydrogen) atoms. The summed E-state index contributed by atoms with van der Waals surface area (Å²) < 4.78 is 2.14. The van der Waals surface area contributed by atoms with E-state index < -0.39 is 0 Å². The first kappa shape index (κ1) is 15.8. The second-order valence-corrected chi connectivity index (χ2v) is 6.38. The minimum absolute atomic E-state index is 0.343. The van der Waals surface area contributed by atoms with Gasteiger partial charge >= 0.3 is 0 Å². The van der Waals surface area contributed by atoms with E-state index in [2.05, 4.69) is 65.9 Å². The van der Waals surface area contributed by atoms with Crippen LogP contribution in [-0.2, 0) is 13.0 Å². The largest absolute Gasteiger partial charge is 0.304 e. The van der Waals surface area contributed by atoms with Crippen molar-refractivity contribution < 1.29 is 0 Å². The average molecular weight is 307 g/mol. The quantitative estimate of drug-likeness (QED) is 0.732. The topological polar surface area (TPSA) is 29.3 Å². The molecule has 1 N–H and O–H groups in total. The highest BCUT2D eigenvalue weighted by Crippen LogP contribution is 2.23. The molecule has 0 aliphatic heterocycles. The molecule has 0 aliphatic carbocycles. The maximum atomic E-state index is 4.46. The fourth-order valence-corrected chi connectivity index (χ4v) is 3.03. The van der Waals surface area contributed by atoms with Gasteiger partial charge in [-0.15, -0.1) is 0 Å². The van der Waals surface area contributed by atoms with Gasteiger partial charge in [-0.05, 0) is 35.6 Å². The molecule has 120 valence electrons. The molecule has 1 unspecified atom stereocenters. The maximum absolute atomic E-state index is 4.46. The summed E-state index contributed by atoms with van der Waals surface area (Å²) in [4.78, 5) is 4.46. The van der Waals surface area contributed by atoms with Crippen molar-refractivity contribution in [3.05, 3.63) is 71.7 Å². The summed E-state index contributed by atoms with van der Waals surface area (Å²) in [6, 6.07) is 15.4. The highest BCUT2D eigenvalue weighted by Gasteiger charge is 2.16. The van der Waals surface area contributed by atoms with Crippen LogP contribution in [-0.4, -0.2) is 9.38 Å². The number of hydrogen-bond donors (Lipinski definition) is 1. The van der Waals surface area contributed by atoms with Crippen LogP contribution < -0.4 is 5.32 Å². The van der Waals surface area contributed by atoms with E-state index in [0.29, 0.717) is 12.0 Å². The van der Waals surface area contributed by atoms with E-state index in [9.17, 15) is 0 Å². The number of aromatic nitrogens is 2. The van der Waals surface area contributed by atoms with Crippen LogP contribution in [0.1, 0.15) is 43.6 Å². The van der Waals surface area contributed by atoms with Crippen LogP contribution >= 0.6 is 0 Å².